The summed E-state index contributed by atoms with van der Waals surface area (Å²) in [6.45, 7) is 4.70. The summed E-state index contributed by atoms with van der Waals surface area (Å²) in [5.74, 6) is -0.251. The van der Waals surface area contributed by atoms with Crippen LogP contribution in [0.1, 0.15) is 11.1 Å². The van der Waals surface area contributed by atoms with Crippen LogP contribution in [0.25, 0.3) is 0 Å². The highest BCUT2D eigenvalue weighted by molar-refractivity contribution is 5.89. The molecule has 0 unspecified atom stereocenters. The van der Waals surface area contributed by atoms with E-state index in [0.717, 1.165) is 16.8 Å². The van der Waals surface area contributed by atoms with Gasteiger partial charge in [-0.3, -0.25) is 0 Å². The average Bonchev–Trinajstić information content (AvgIpc) is 3.00. The van der Waals surface area contributed by atoms with Crippen molar-refractivity contribution in [3.05, 3.63) is 29.3 Å². The Morgan fingerprint density at radius 3 is 2.55 bits per heavy atom. The molecular formula is C16H19N3O3. The van der Waals surface area contributed by atoms with Crippen LogP contribution in [0.4, 0.5) is 10.5 Å². The lowest BCUT2D eigenvalue weighted by Crippen LogP contribution is -2.45. The Hall–Kier alpha value is -2.10. The van der Waals surface area contributed by atoms with Crippen molar-refractivity contribution in [2.75, 3.05) is 18.5 Å². The SMILES string of the molecule is Cc1cc(C)cc(NC(=O)N[C@H]2CO[C@H]3[C@@H]2OC[C@@H]3C#N)c1. The molecule has 2 saturated heterocycles. The number of rotatable bonds is 2. The van der Waals surface area contributed by atoms with Gasteiger partial charge in [0.1, 0.15) is 12.2 Å². The second kappa shape index (κ2) is 5.95. The number of fused-ring (bicyclic) bond motifs is 1. The molecular weight excluding hydrogens is 282 g/mol. The number of nitriles is 1. The van der Waals surface area contributed by atoms with Crippen molar-refractivity contribution in [3.8, 4) is 6.07 Å². The number of anilines is 1. The number of ether oxygens (including phenoxy) is 2. The van der Waals surface area contributed by atoms with E-state index in [2.05, 4.69) is 16.7 Å². The van der Waals surface area contributed by atoms with Crippen LogP contribution >= 0.6 is 0 Å². The zero-order chi connectivity index (χ0) is 15.7. The number of hydrogen-bond donors (Lipinski definition) is 2. The Morgan fingerprint density at radius 1 is 1.18 bits per heavy atom. The molecule has 6 nitrogen and oxygen atoms in total. The van der Waals surface area contributed by atoms with Crippen LogP contribution in [0.15, 0.2) is 18.2 Å². The van der Waals surface area contributed by atoms with Gasteiger partial charge in [-0.2, -0.15) is 5.26 Å². The summed E-state index contributed by atoms with van der Waals surface area (Å²) in [7, 11) is 0. The van der Waals surface area contributed by atoms with Gasteiger partial charge in [0.15, 0.2) is 0 Å². The van der Waals surface area contributed by atoms with Crippen molar-refractivity contribution in [1.82, 2.24) is 5.32 Å². The molecule has 6 heteroatoms. The summed E-state index contributed by atoms with van der Waals surface area (Å²) in [6, 6.07) is 7.55. The molecule has 1 aromatic carbocycles. The smallest absolute Gasteiger partial charge is 0.319 e. The molecule has 2 fully saturated rings. The summed E-state index contributed by atoms with van der Waals surface area (Å²) in [6.07, 6.45) is -0.480. The third-order valence-electron chi connectivity index (χ3n) is 4.02. The number of aryl methyl sites for hydroxylation is 2. The van der Waals surface area contributed by atoms with Gasteiger partial charge in [-0.05, 0) is 37.1 Å². The summed E-state index contributed by atoms with van der Waals surface area (Å²) >= 11 is 0. The van der Waals surface area contributed by atoms with E-state index >= 15 is 0 Å². The molecule has 2 amide bonds. The quantitative estimate of drug-likeness (QED) is 0.871. The second-order valence-corrected chi connectivity index (χ2v) is 5.91. The number of nitrogens with zero attached hydrogens (tertiary/aromatic N) is 1. The molecule has 0 saturated carbocycles. The zero-order valence-electron chi connectivity index (χ0n) is 12.6. The van der Waals surface area contributed by atoms with E-state index in [9.17, 15) is 4.79 Å². The Morgan fingerprint density at radius 2 is 1.86 bits per heavy atom. The number of urea groups is 1. The van der Waals surface area contributed by atoms with Crippen molar-refractivity contribution in [1.29, 1.82) is 5.26 Å². The first-order chi connectivity index (χ1) is 10.6. The lowest BCUT2D eigenvalue weighted by Gasteiger charge is -2.18. The maximum Gasteiger partial charge on any atom is 0.319 e. The fourth-order valence-electron chi connectivity index (χ4n) is 3.12. The predicted molar refractivity (Wildman–Crippen MR) is 80.4 cm³/mol. The van der Waals surface area contributed by atoms with Gasteiger partial charge >= 0.3 is 6.03 Å². The number of hydrogen-bond acceptors (Lipinski definition) is 4. The lowest BCUT2D eigenvalue weighted by molar-refractivity contribution is 0.0665. The monoisotopic (exact) mass is 301 g/mol. The fourth-order valence-corrected chi connectivity index (χ4v) is 3.12. The minimum absolute atomic E-state index is 0.228. The van der Waals surface area contributed by atoms with Crippen LogP contribution in [0, 0.1) is 31.1 Å². The van der Waals surface area contributed by atoms with E-state index in [0.29, 0.717) is 13.2 Å². The van der Waals surface area contributed by atoms with E-state index in [-0.39, 0.29) is 30.2 Å². The molecule has 2 aliphatic heterocycles. The lowest BCUT2D eigenvalue weighted by atomic mass is 10.0. The molecule has 3 rings (SSSR count). The van der Waals surface area contributed by atoms with Crippen molar-refractivity contribution >= 4 is 11.7 Å². The van der Waals surface area contributed by atoms with E-state index in [1.165, 1.54) is 0 Å². The summed E-state index contributed by atoms with van der Waals surface area (Å²) < 4.78 is 11.2. The molecule has 2 aliphatic rings. The first kappa shape index (κ1) is 14.8. The Kier molecular flexibility index (Phi) is 4.01. The van der Waals surface area contributed by atoms with Gasteiger partial charge in [-0.1, -0.05) is 6.07 Å². The average molecular weight is 301 g/mol. The molecule has 0 radical (unpaired) electrons. The molecule has 2 heterocycles. The zero-order valence-corrected chi connectivity index (χ0v) is 12.6. The summed E-state index contributed by atoms with van der Waals surface area (Å²) in [5.41, 5.74) is 2.94. The van der Waals surface area contributed by atoms with Crippen molar-refractivity contribution in [3.63, 3.8) is 0 Å². The molecule has 22 heavy (non-hydrogen) atoms. The normalized spacial score (nSPS) is 29.7. The van der Waals surface area contributed by atoms with E-state index in [1.807, 2.05) is 32.0 Å². The number of benzene rings is 1. The van der Waals surface area contributed by atoms with Crippen LogP contribution in [0.5, 0.6) is 0 Å². The number of amides is 2. The van der Waals surface area contributed by atoms with Gasteiger partial charge in [0.2, 0.25) is 0 Å². The summed E-state index contributed by atoms with van der Waals surface area (Å²) in [5, 5.41) is 14.7. The van der Waals surface area contributed by atoms with Gasteiger partial charge in [-0.25, -0.2) is 4.79 Å². The van der Waals surface area contributed by atoms with Gasteiger partial charge < -0.3 is 20.1 Å². The Bertz CT molecular complexity index is 605. The molecule has 1 aromatic rings. The first-order valence-electron chi connectivity index (χ1n) is 7.35. The minimum Gasteiger partial charge on any atom is -0.372 e. The van der Waals surface area contributed by atoms with Gasteiger partial charge in [0, 0.05) is 5.69 Å². The van der Waals surface area contributed by atoms with Gasteiger partial charge in [0.25, 0.3) is 0 Å². The van der Waals surface area contributed by atoms with Crippen LogP contribution in [0.2, 0.25) is 0 Å². The van der Waals surface area contributed by atoms with Crippen LogP contribution in [-0.4, -0.2) is 37.5 Å². The molecule has 0 bridgehead atoms. The molecule has 2 N–H and O–H groups in total. The third kappa shape index (κ3) is 2.91. The van der Waals surface area contributed by atoms with Crippen LogP contribution in [0.3, 0.4) is 0 Å². The standard InChI is InChI=1S/C16H19N3O3/c1-9-3-10(2)5-12(4-9)18-16(20)19-13-8-22-14-11(6-17)7-21-15(13)14/h3-5,11,13-15H,7-8H2,1-2H3,(H2,18,19,20)/t11-,13-,14+,15+/m0/s1. The highest BCUT2D eigenvalue weighted by atomic mass is 16.6. The minimum atomic E-state index is -0.289. The third-order valence-corrected chi connectivity index (χ3v) is 4.02. The van der Waals surface area contributed by atoms with Crippen molar-refractivity contribution in [2.24, 2.45) is 5.92 Å². The topological polar surface area (TPSA) is 83.4 Å². The molecule has 0 spiro atoms. The highest BCUT2D eigenvalue weighted by Gasteiger charge is 2.48. The summed E-state index contributed by atoms with van der Waals surface area (Å²) in [4.78, 5) is 12.1. The van der Waals surface area contributed by atoms with E-state index in [1.54, 1.807) is 0 Å². The number of nitrogens with one attached hydrogen (secondary N) is 2. The number of carbonyl (C=O) groups excluding carboxylic acids is 1. The van der Waals surface area contributed by atoms with E-state index < -0.39 is 0 Å². The molecule has 116 valence electrons. The van der Waals surface area contributed by atoms with Gasteiger partial charge in [-0.15, -0.1) is 0 Å². The predicted octanol–water partition coefficient (Wildman–Crippen LogP) is 1.73. The van der Waals surface area contributed by atoms with Crippen LogP contribution < -0.4 is 10.6 Å². The van der Waals surface area contributed by atoms with Crippen LogP contribution in [-0.2, 0) is 9.47 Å². The molecule has 4 atom stereocenters. The van der Waals surface area contributed by atoms with Gasteiger partial charge in [0.05, 0.1) is 31.2 Å². The Balaban J connectivity index is 1.60. The first-order valence-corrected chi connectivity index (χ1v) is 7.35. The molecule has 0 aromatic heterocycles. The maximum atomic E-state index is 12.1. The largest absolute Gasteiger partial charge is 0.372 e. The second-order valence-electron chi connectivity index (χ2n) is 5.91. The van der Waals surface area contributed by atoms with Crippen molar-refractivity contribution in [2.45, 2.75) is 32.1 Å². The van der Waals surface area contributed by atoms with Crippen molar-refractivity contribution < 1.29 is 14.3 Å². The fraction of sp³-hybridized carbons (Fsp3) is 0.500. The molecule has 0 aliphatic carbocycles. The van der Waals surface area contributed by atoms with E-state index in [4.69, 9.17) is 14.7 Å². The Labute approximate surface area is 129 Å². The highest BCUT2D eigenvalue weighted by Crippen LogP contribution is 2.30. The number of carbonyl (C=O) groups is 1. The maximum absolute atomic E-state index is 12.1.